The summed E-state index contributed by atoms with van der Waals surface area (Å²) in [6.07, 6.45) is 8.98. The van der Waals surface area contributed by atoms with Gasteiger partial charge in [-0.1, -0.05) is 44.7 Å². The lowest BCUT2D eigenvalue weighted by Gasteiger charge is -2.20. The van der Waals surface area contributed by atoms with Crippen LogP contribution in [0.4, 0.5) is 5.69 Å². The van der Waals surface area contributed by atoms with Crippen molar-refractivity contribution < 1.29 is 9.52 Å². The highest BCUT2D eigenvalue weighted by atomic mass is 16.4. The van der Waals surface area contributed by atoms with Crippen molar-refractivity contribution in [1.29, 1.82) is 0 Å². The van der Waals surface area contributed by atoms with Gasteiger partial charge in [-0.15, -0.1) is 0 Å². The van der Waals surface area contributed by atoms with Crippen molar-refractivity contribution in [1.82, 2.24) is 0 Å². The predicted molar refractivity (Wildman–Crippen MR) is 105 cm³/mol. The number of hydrogen-bond donors (Lipinski definition) is 2. The largest absolute Gasteiger partial charge is 0.507 e. The summed E-state index contributed by atoms with van der Waals surface area (Å²) in [5.74, 6) is 0.613. The third-order valence-electron chi connectivity index (χ3n) is 5.46. The lowest BCUT2D eigenvalue weighted by Crippen LogP contribution is -2.17. The van der Waals surface area contributed by atoms with E-state index in [9.17, 15) is 9.90 Å². The molecule has 0 amide bonds. The van der Waals surface area contributed by atoms with Gasteiger partial charge in [-0.3, -0.25) is 0 Å². The summed E-state index contributed by atoms with van der Waals surface area (Å²) in [6, 6.07) is 7.53. The van der Waals surface area contributed by atoms with E-state index in [-0.39, 0.29) is 11.7 Å². The zero-order valence-electron chi connectivity index (χ0n) is 15.6. The first-order valence-electron chi connectivity index (χ1n) is 9.85. The Balaban J connectivity index is 2.07. The summed E-state index contributed by atoms with van der Waals surface area (Å²) >= 11 is 0. The lowest BCUT2D eigenvalue weighted by atomic mass is 9.87. The van der Waals surface area contributed by atoms with E-state index in [1.165, 1.54) is 12.8 Å². The van der Waals surface area contributed by atoms with Crippen molar-refractivity contribution in [2.75, 3.05) is 5.73 Å². The second kappa shape index (κ2) is 8.43. The number of aryl methyl sites for hydroxylation is 1. The molecule has 2 aromatic rings. The zero-order chi connectivity index (χ0) is 18.5. The Morgan fingerprint density at radius 2 is 1.81 bits per heavy atom. The molecule has 0 saturated heterocycles. The molecule has 1 aromatic heterocycles. The number of rotatable bonds is 3. The summed E-state index contributed by atoms with van der Waals surface area (Å²) in [6.45, 7) is 2.01. The van der Waals surface area contributed by atoms with Gasteiger partial charge in [0.15, 0.2) is 0 Å². The number of nitrogen functional groups attached to an aromatic ring is 1. The topological polar surface area (TPSA) is 76.5 Å². The van der Waals surface area contributed by atoms with Gasteiger partial charge >= 0.3 is 5.63 Å². The highest BCUT2D eigenvalue weighted by Crippen LogP contribution is 2.36. The first-order valence-corrected chi connectivity index (χ1v) is 9.85. The van der Waals surface area contributed by atoms with Crippen molar-refractivity contribution in [3.05, 3.63) is 57.1 Å². The van der Waals surface area contributed by atoms with Crippen molar-refractivity contribution in [2.45, 2.75) is 70.6 Å². The Kier molecular flexibility index (Phi) is 6.02. The molecule has 1 unspecified atom stereocenters. The van der Waals surface area contributed by atoms with E-state index in [2.05, 4.69) is 0 Å². The molecule has 1 aromatic carbocycles. The molecule has 0 bridgehead atoms. The summed E-state index contributed by atoms with van der Waals surface area (Å²) in [5.41, 5.74) is 8.33. The van der Waals surface area contributed by atoms with Crippen LogP contribution in [0.2, 0.25) is 0 Å². The number of nitrogens with two attached hydrogens (primary N) is 1. The standard InChI is InChI=1S/C22H29NO3/c1-2-17(15-10-9-11-16(23)14-15)20-21(24)18-12-7-5-3-4-6-8-13-19(18)26-22(20)25/h9-11,14,17,24H,2-8,12-13,23H2,1H3. The average Bonchev–Trinajstić information content (AvgIpc) is 2.63. The van der Waals surface area contributed by atoms with Crippen molar-refractivity contribution in [3.63, 3.8) is 0 Å². The minimum atomic E-state index is -0.410. The second-order valence-corrected chi connectivity index (χ2v) is 7.31. The second-order valence-electron chi connectivity index (χ2n) is 7.31. The lowest BCUT2D eigenvalue weighted by molar-refractivity contribution is 0.386. The molecule has 1 heterocycles. The quantitative estimate of drug-likeness (QED) is 0.767. The van der Waals surface area contributed by atoms with E-state index >= 15 is 0 Å². The van der Waals surface area contributed by atoms with Crippen LogP contribution in [0.15, 0.2) is 33.5 Å². The van der Waals surface area contributed by atoms with Crippen LogP contribution in [0.3, 0.4) is 0 Å². The fourth-order valence-electron chi connectivity index (χ4n) is 4.06. The van der Waals surface area contributed by atoms with Gasteiger partial charge < -0.3 is 15.3 Å². The summed E-state index contributed by atoms with van der Waals surface area (Å²) < 4.78 is 5.73. The average molecular weight is 355 g/mol. The number of anilines is 1. The molecule has 1 atom stereocenters. The highest BCUT2D eigenvalue weighted by molar-refractivity contribution is 5.49. The van der Waals surface area contributed by atoms with Crippen molar-refractivity contribution >= 4 is 5.69 Å². The smallest absolute Gasteiger partial charge is 0.343 e. The van der Waals surface area contributed by atoms with Crippen LogP contribution in [0, 0.1) is 0 Å². The zero-order valence-corrected chi connectivity index (χ0v) is 15.6. The summed E-state index contributed by atoms with van der Waals surface area (Å²) in [5, 5.41) is 11.0. The molecule has 1 aliphatic carbocycles. The molecule has 4 nitrogen and oxygen atoms in total. The summed E-state index contributed by atoms with van der Waals surface area (Å²) in [7, 11) is 0. The normalized spacial score (nSPS) is 16.7. The number of hydrogen-bond acceptors (Lipinski definition) is 4. The Morgan fingerprint density at radius 3 is 2.50 bits per heavy atom. The van der Waals surface area contributed by atoms with Gasteiger partial charge in [0, 0.05) is 23.6 Å². The van der Waals surface area contributed by atoms with E-state index in [1.54, 1.807) is 0 Å². The molecule has 4 heteroatoms. The van der Waals surface area contributed by atoms with Gasteiger partial charge in [0.25, 0.3) is 0 Å². The van der Waals surface area contributed by atoms with Crippen LogP contribution < -0.4 is 11.4 Å². The first-order chi connectivity index (χ1) is 12.6. The molecule has 3 rings (SSSR count). The Hall–Kier alpha value is -2.23. The minimum absolute atomic E-state index is 0.145. The number of fused-ring (bicyclic) bond motifs is 1. The van der Waals surface area contributed by atoms with E-state index in [0.717, 1.165) is 49.7 Å². The van der Waals surface area contributed by atoms with E-state index in [4.69, 9.17) is 10.2 Å². The molecule has 26 heavy (non-hydrogen) atoms. The molecule has 1 aliphatic rings. The molecule has 0 saturated carbocycles. The summed E-state index contributed by atoms with van der Waals surface area (Å²) in [4.78, 5) is 12.8. The number of aromatic hydroxyl groups is 1. The highest BCUT2D eigenvalue weighted by Gasteiger charge is 2.26. The fraction of sp³-hybridized carbons (Fsp3) is 0.500. The van der Waals surface area contributed by atoms with Crippen LogP contribution in [-0.2, 0) is 12.8 Å². The van der Waals surface area contributed by atoms with E-state index in [1.807, 2.05) is 31.2 Å². The van der Waals surface area contributed by atoms with Gasteiger partial charge in [0.05, 0.1) is 5.56 Å². The van der Waals surface area contributed by atoms with Crippen LogP contribution >= 0.6 is 0 Å². The van der Waals surface area contributed by atoms with Crippen LogP contribution in [0.1, 0.15) is 80.2 Å². The monoisotopic (exact) mass is 355 g/mol. The Bertz CT molecular complexity index is 810. The molecule has 140 valence electrons. The van der Waals surface area contributed by atoms with Gasteiger partial charge in [0.2, 0.25) is 0 Å². The number of benzene rings is 1. The molecular weight excluding hydrogens is 326 g/mol. The fourth-order valence-corrected chi connectivity index (χ4v) is 4.06. The maximum Gasteiger partial charge on any atom is 0.343 e. The molecular formula is C22H29NO3. The Morgan fingerprint density at radius 1 is 1.12 bits per heavy atom. The van der Waals surface area contributed by atoms with Gasteiger partial charge in [0.1, 0.15) is 11.5 Å². The van der Waals surface area contributed by atoms with Crippen LogP contribution in [-0.4, -0.2) is 5.11 Å². The maximum absolute atomic E-state index is 12.8. The third kappa shape index (κ3) is 3.95. The molecule has 0 aliphatic heterocycles. The minimum Gasteiger partial charge on any atom is -0.507 e. The predicted octanol–water partition coefficient (Wildman–Crippen LogP) is 4.91. The first kappa shape index (κ1) is 18.6. The van der Waals surface area contributed by atoms with Crippen LogP contribution in [0.5, 0.6) is 5.75 Å². The maximum atomic E-state index is 12.8. The molecule has 0 radical (unpaired) electrons. The SMILES string of the molecule is CCC(c1cccc(N)c1)c1c(O)c2c(oc1=O)CCCCCCCC2. The molecule has 3 N–H and O–H groups in total. The van der Waals surface area contributed by atoms with Gasteiger partial charge in [-0.05, 0) is 43.4 Å². The van der Waals surface area contributed by atoms with Crippen molar-refractivity contribution in [2.24, 2.45) is 0 Å². The van der Waals surface area contributed by atoms with Gasteiger partial charge in [-0.2, -0.15) is 0 Å². The van der Waals surface area contributed by atoms with Crippen LogP contribution in [0.25, 0.3) is 0 Å². The Labute approximate surface area is 155 Å². The third-order valence-corrected chi connectivity index (χ3v) is 5.46. The van der Waals surface area contributed by atoms with E-state index in [0.29, 0.717) is 23.4 Å². The molecule has 0 spiro atoms. The van der Waals surface area contributed by atoms with E-state index < -0.39 is 5.63 Å². The molecule has 0 fully saturated rings. The van der Waals surface area contributed by atoms with Crippen molar-refractivity contribution in [3.8, 4) is 5.75 Å². The van der Waals surface area contributed by atoms with Gasteiger partial charge in [-0.25, -0.2) is 4.79 Å².